The third kappa shape index (κ3) is 1.85. The molecule has 0 amide bonds. The van der Waals surface area contributed by atoms with Crippen LogP contribution in [0.25, 0.3) is 10.1 Å². The number of carboxylic acid groups (broad SMARTS) is 1. The molecular formula is C10H7BrO3S. The van der Waals surface area contributed by atoms with Crippen molar-refractivity contribution >= 4 is 43.3 Å². The van der Waals surface area contributed by atoms with Gasteiger partial charge in [-0.05, 0) is 39.5 Å². The van der Waals surface area contributed by atoms with Gasteiger partial charge in [0.15, 0.2) is 0 Å². The van der Waals surface area contributed by atoms with Crippen LogP contribution < -0.4 is 4.74 Å². The Labute approximate surface area is 98.4 Å². The molecule has 0 saturated carbocycles. The van der Waals surface area contributed by atoms with Crippen LogP contribution in [0, 0.1) is 0 Å². The fourth-order valence-corrected chi connectivity index (χ4v) is 2.74. The molecule has 1 N–H and O–H groups in total. The molecule has 0 radical (unpaired) electrons. The molecule has 15 heavy (non-hydrogen) atoms. The van der Waals surface area contributed by atoms with Crippen molar-refractivity contribution in [2.75, 3.05) is 7.11 Å². The van der Waals surface area contributed by atoms with Gasteiger partial charge in [-0.25, -0.2) is 4.79 Å². The summed E-state index contributed by atoms with van der Waals surface area (Å²) in [7, 11) is 1.58. The summed E-state index contributed by atoms with van der Waals surface area (Å²) in [4.78, 5) is 11.1. The number of halogens is 1. The van der Waals surface area contributed by atoms with Crippen LogP contribution in [-0.2, 0) is 0 Å². The molecule has 0 atom stereocenters. The monoisotopic (exact) mass is 286 g/mol. The summed E-state index contributed by atoms with van der Waals surface area (Å²) in [6, 6.07) is 5.35. The van der Waals surface area contributed by atoms with Crippen molar-refractivity contribution in [3.8, 4) is 5.75 Å². The van der Waals surface area contributed by atoms with Crippen LogP contribution in [-0.4, -0.2) is 18.2 Å². The van der Waals surface area contributed by atoms with Crippen LogP contribution in [0.1, 0.15) is 9.67 Å². The van der Waals surface area contributed by atoms with Crippen molar-refractivity contribution in [2.24, 2.45) is 0 Å². The molecule has 2 aromatic rings. The maximum atomic E-state index is 10.8. The number of aromatic carboxylic acids is 1. The maximum absolute atomic E-state index is 10.8. The molecule has 2 rings (SSSR count). The summed E-state index contributed by atoms with van der Waals surface area (Å²) in [6.07, 6.45) is 0. The van der Waals surface area contributed by atoms with Gasteiger partial charge in [0.05, 0.1) is 11.6 Å². The van der Waals surface area contributed by atoms with Crippen molar-refractivity contribution in [1.29, 1.82) is 0 Å². The van der Waals surface area contributed by atoms with Crippen molar-refractivity contribution in [3.63, 3.8) is 0 Å². The van der Waals surface area contributed by atoms with Crippen molar-refractivity contribution in [3.05, 3.63) is 27.5 Å². The van der Waals surface area contributed by atoms with E-state index in [2.05, 4.69) is 15.9 Å². The number of rotatable bonds is 2. The molecule has 1 heterocycles. The van der Waals surface area contributed by atoms with E-state index in [-0.39, 0.29) is 0 Å². The van der Waals surface area contributed by atoms with Crippen LogP contribution in [0.15, 0.2) is 22.7 Å². The first kappa shape index (κ1) is 10.4. The van der Waals surface area contributed by atoms with Gasteiger partial charge < -0.3 is 9.84 Å². The Bertz CT molecular complexity index is 533. The minimum atomic E-state index is -0.897. The summed E-state index contributed by atoms with van der Waals surface area (Å²) in [5.74, 6) is -0.187. The zero-order valence-corrected chi connectivity index (χ0v) is 10.2. The lowest BCUT2D eigenvalue weighted by Crippen LogP contribution is -1.89. The zero-order valence-electron chi connectivity index (χ0n) is 7.78. The summed E-state index contributed by atoms with van der Waals surface area (Å²) in [6.45, 7) is 0. The van der Waals surface area contributed by atoms with E-state index < -0.39 is 5.97 Å². The molecule has 0 saturated heterocycles. The topological polar surface area (TPSA) is 46.5 Å². The molecule has 0 fully saturated rings. The Morgan fingerprint density at radius 2 is 2.20 bits per heavy atom. The third-order valence-corrected chi connectivity index (χ3v) is 3.71. The van der Waals surface area contributed by atoms with Crippen LogP contribution >= 0.6 is 27.3 Å². The van der Waals surface area contributed by atoms with Crippen molar-refractivity contribution in [1.82, 2.24) is 0 Å². The largest absolute Gasteiger partial charge is 0.496 e. The summed E-state index contributed by atoms with van der Waals surface area (Å²) < 4.78 is 6.87. The fraction of sp³-hybridized carbons (Fsp3) is 0.100. The number of carbonyl (C=O) groups is 1. The Kier molecular flexibility index (Phi) is 2.67. The number of benzene rings is 1. The van der Waals surface area contributed by atoms with Crippen LogP contribution in [0.2, 0.25) is 0 Å². The van der Waals surface area contributed by atoms with Gasteiger partial charge in [0.25, 0.3) is 0 Å². The highest BCUT2D eigenvalue weighted by Crippen LogP contribution is 2.34. The van der Waals surface area contributed by atoms with Crippen molar-refractivity contribution in [2.45, 2.75) is 0 Å². The second-order valence-corrected chi connectivity index (χ2v) is 4.88. The zero-order chi connectivity index (χ0) is 11.0. The second-order valence-electron chi connectivity index (χ2n) is 2.94. The minimum absolute atomic E-state index is 0.338. The summed E-state index contributed by atoms with van der Waals surface area (Å²) in [5, 5.41) is 9.76. The van der Waals surface area contributed by atoms with Gasteiger partial charge in [0.1, 0.15) is 10.6 Å². The molecule has 1 aromatic heterocycles. The van der Waals surface area contributed by atoms with E-state index in [1.165, 1.54) is 11.3 Å². The Morgan fingerprint density at radius 1 is 1.47 bits per heavy atom. The molecule has 0 aliphatic carbocycles. The summed E-state index contributed by atoms with van der Waals surface area (Å²) >= 11 is 4.60. The van der Waals surface area contributed by atoms with E-state index in [1.54, 1.807) is 13.2 Å². The van der Waals surface area contributed by atoms with Gasteiger partial charge in [-0.2, -0.15) is 0 Å². The van der Waals surface area contributed by atoms with E-state index >= 15 is 0 Å². The van der Waals surface area contributed by atoms with E-state index in [0.717, 1.165) is 14.6 Å². The van der Waals surface area contributed by atoms with Gasteiger partial charge in [-0.15, -0.1) is 11.3 Å². The minimum Gasteiger partial charge on any atom is -0.496 e. The highest BCUT2D eigenvalue weighted by atomic mass is 79.9. The average Bonchev–Trinajstić information content (AvgIpc) is 2.59. The smallest absolute Gasteiger partial charge is 0.345 e. The predicted octanol–water partition coefficient (Wildman–Crippen LogP) is 3.37. The highest BCUT2D eigenvalue weighted by molar-refractivity contribution is 9.10. The quantitative estimate of drug-likeness (QED) is 0.921. The molecular weight excluding hydrogens is 280 g/mol. The van der Waals surface area contributed by atoms with Crippen LogP contribution in [0.3, 0.4) is 0 Å². The van der Waals surface area contributed by atoms with Crippen LogP contribution in [0.4, 0.5) is 0 Å². The SMILES string of the molecule is COc1cc2sc(C(=O)O)cc2cc1Br. The van der Waals surface area contributed by atoms with E-state index in [4.69, 9.17) is 9.84 Å². The van der Waals surface area contributed by atoms with E-state index in [0.29, 0.717) is 10.6 Å². The Balaban J connectivity index is 2.66. The molecule has 5 heteroatoms. The van der Waals surface area contributed by atoms with E-state index in [1.807, 2.05) is 12.1 Å². The van der Waals surface area contributed by atoms with Gasteiger partial charge in [0, 0.05) is 4.70 Å². The number of fused-ring (bicyclic) bond motifs is 1. The number of ether oxygens (including phenoxy) is 1. The first-order valence-electron chi connectivity index (χ1n) is 4.12. The number of hydrogen-bond donors (Lipinski definition) is 1. The predicted molar refractivity (Wildman–Crippen MR) is 63.0 cm³/mol. The summed E-state index contributed by atoms with van der Waals surface area (Å²) in [5.41, 5.74) is 0. The normalized spacial score (nSPS) is 10.5. The molecule has 0 aliphatic heterocycles. The molecule has 0 unspecified atom stereocenters. The first-order chi connectivity index (χ1) is 7.11. The average molecular weight is 287 g/mol. The second kappa shape index (κ2) is 3.83. The lowest BCUT2D eigenvalue weighted by Gasteiger charge is -2.01. The first-order valence-corrected chi connectivity index (χ1v) is 5.73. The molecule has 78 valence electrons. The highest BCUT2D eigenvalue weighted by Gasteiger charge is 2.10. The lowest BCUT2D eigenvalue weighted by molar-refractivity contribution is 0.0702. The molecule has 0 bridgehead atoms. The van der Waals surface area contributed by atoms with Gasteiger partial charge in [-0.3, -0.25) is 0 Å². The fourth-order valence-electron chi connectivity index (χ4n) is 1.30. The molecule has 0 aliphatic rings. The van der Waals surface area contributed by atoms with Crippen LogP contribution in [0.5, 0.6) is 5.75 Å². The van der Waals surface area contributed by atoms with Gasteiger partial charge in [-0.1, -0.05) is 0 Å². The standard InChI is InChI=1S/C10H7BrO3S/c1-14-7-4-8-5(2-6(7)11)3-9(15-8)10(12)13/h2-4H,1H3,(H,12,13). The molecule has 0 spiro atoms. The van der Waals surface area contributed by atoms with E-state index in [9.17, 15) is 4.79 Å². The number of hydrogen-bond acceptors (Lipinski definition) is 3. The molecule has 1 aromatic carbocycles. The lowest BCUT2D eigenvalue weighted by atomic mass is 10.2. The van der Waals surface area contributed by atoms with Gasteiger partial charge >= 0.3 is 5.97 Å². The van der Waals surface area contributed by atoms with Gasteiger partial charge in [0.2, 0.25) is 0 Å². The Hall–Kier alpha value is -1.07. The molecule has 3 nitrogen and oxygen atoms in total. The Morgan fingerprint density at radius 3 is 2.80 bits per heavy atom. The van der Waals surface area contributed by atoms with Crippen molar-refractivity contribution < 1.29 is 14.6 Å². The number of carboxylic acids is 1. The number of thiophene rings is 1. The number of methoxy groups -OCH3 is 1. The third-order valence-electron chi connectivity index (χ3n) is 2.00. The maximum Gasteiger partial charge on any atom is 0.345 e.